The van der Waals surface area contributed by atoms with Gasteiger partial charge in [-0.25, -0.2) is 8.42 Å². The molecule has 0 heterocycles. The molecule has 4 heteroatoms. The molecule has 0 radical (unpaired) electrons. The van der Waals surface area contributed by atoms with Crippen LogP contribution in [-0.4, -0.2) is 25.8 Å². The molecule has 0 N–H and O–H groups in total. The number of sulfonamides is 1. The van der Waals surface area contributed by atoms with Crippen LogP contribution in [0.4, 0.5) is 0 Å². The SMILES string of the molecule is C/C=C\CN(CC#Cc1ccccc1)S(=O)(=O)c1ccccc1. The van der Waals surface area contributed by atoms with Crippen molar-refractivity contribution in [2.45, 2.75) is 11.8 Å². The molecule has 3 nitrogen and oxygen atoms in total. The van der Waals surface area contributed by atoms with E-state index in [1.54, 1.807) is 30.3 Å². The van der Waals surface area contributed by atoms with Crippen LogP contribution >= 0.6 is 0 Å². The molecule has 0 aliphatic carbocycles. The largest absolute Gasteiger partial charge is 0.244 e. The molecule has 2 aromatic carbocycles. The molecule has 23 heavy (non-hydrogen) atoms. The Balaban J connectivity index is 2.22. The summed E-state index contributed by atoms with van der Waals surface area (Å²) in [5.74, 6) is 5.94. The first-order valence-corrected chi connectivity index (χ1v) is 8.79. The van der Waals surface area contributed by atoms with Gasteiger partial charge in [-0.15, -0.1) is 0 Å². The maximum absolute atomic E-state index is 12.7. The standard InChI is InChI=1S/C19H19NO2S/c1-2-3-16-20(17-10-13-18-11-6-4-7-12-18)23(21,22)19-14-8-5-9-15-19/h2-9,11-12,14-15H,16-17H2,1H3/b3-2-. The summed E-state index contributed by atoms with van der Waals surface area (Å²) >= 11 is 0. The molecule has 0 spiro atoms. The summed E-state index contributed by atoms with van der Waals surface area (Å²) in [5, 5.41) is 0. The highest BCUT2D eigenvalue weighted by Gasteiger charge is 2.22. The van der Waals surface area contributed by atoms with Crippen LogP contribution in [0, 0.1) is 11.8 Å². The van der Waals surface area contributed by atoms with E-state index in [1.165, 1.54) is 4.31 Å². The normalized spacial score (nSPS) is 11.4. The van der Waals surface area contributed by atoms with E-state index < -0.39 is 10.0 Å². The van der Waals surface area contributed by atoms with Gasteiger partial charge in [-0.2, -0.15) is 4.31 Å². The first-order chi connectivity index (χ1) is 11.1. The van der Waals surface area contributed by atoms with E-state index in [2.05, 4.69) is 11.8 Å². The Morgan fingerprint density at radius 3 is 2.22 bits per heavy atom. The summed E-state index contributed by atoms with van der Waals surface area (Å²) in [6.45, 7) is 2.32. The molecule has 0 bridgehead atoms. The maximum Gasteiger partial charge on any atom is 0.244 e. The third-order valence-electron chi connectivity index (χ3n) is 3.19. The lowest BCUT2D eigenvalue weighted by Crippen LogP contribution is -2.31. The first-order valence-electron chi connectivity index (χ1n) is 7.35. The van der Waals surface area contributed by atoms with Crippen LogP contribution in [0.5, 0.6) is 0 Å². The summed E-state index contributed by atoms with van der Waals surface area (Å²) in [7, 11) is -3.55. The summed E-state index contributed by atoms with van der Waals surface area (Å²) in [5.41, 5.74) is 0.871. The Morgan fingerprint density at radius 2 is 1.61 bits per heavy atom. The summed E-state index contributed by atoms with van der Waals surface area (Å²) in [6.07, 6.45) is 3.64. The van der Waals surface area contributed by atoms with E-state index in [9.17, 15) is 8.42 Å². The van der Waals surface area contributed by atoms with Crippen LogP contribution in [0.15, 0.2) is 77.7 Å². The molecule has 0 saturated carbocycles. The zero-order valence-corrected chi connectivity index (χ0v) is 13.8. The second-order valence-electron chi connectivity index (χ2n) is 4.85. The smallest absolute Gasteiger partial charge is 0.207 e. The second kappa shape index (κ2) is 8.33. The predicted octanol–water partition coefficient (Wildman–Crippen LogP) is 3.31. The van der Waals surface area contributed by atoms with Gasteiger partial charge in [0, 0.05) is 12.1 Å². The lowest BCUT2D eigenvalue weighted by Gasteiger charge is -2.18. The average molecular weight is 325 g/mol. The molecule has 0 amide bonds. The molecule has 2 aromatic rings. The second-order valence-corrected chi connectivity index (χ2v) is 6.79. The maximum atomic E-state index is 12.7. The highest BCUT2D eigenvalue weighted by molar-refractivity contribution is 7.89. The fourth-order valence-electron chi connectivity index (χ4n) is 1.96. The van der Waals surface area contributed by atoms with Crippen molar-refractivity contribution in [1.82, 2.24) is 4.31 Å². The van der Waals surface area contributed by atoms with Gasteiger partial charge in [-0.3, -0.25) is 0 Å². The Labute approximate surface area is 138 Å². The van der Waals surface area contributed by atoms with Gasteiger partial charge < -0.3 is 0 Å². The van der Waals surface area contributed by atoms with Gasteiger partial charge in [-0.05, 0) is 31.2 Å². The van der Waals surface area contributed by atoms with Gasteiger partial charge in [-0.1, -0.05) is 60.4 Å². The highest BCUT2D eigenvalue weighted by Crippen LogP contribution is 2.14. The van der Waals surface area contributed by atoms with Crippen LogP contribution in [-0.2, 0) is 10.0 Å². The topological polar surface area (TPSA) is 37.4 Å². The van der Waals surface area contributed by atoms with Crippen molar-refractivity contribution in [3.63, 3.8) is 0 Å². The van der Waals surface area contributed by atoms with Gasteiger partial charge in [0.15, 0.2) is 0 Å². The fraction of sp³-hybridized carbons (Fsp3) is 0.158. The number of hydrogen-bond donors (Lipinski definition) is 0. The molecular weight excluding hydrogens is 306 g/mol. The van der Waals surface area contributed by atoms with Crippen LogP contribution in [0.25, 0.3) is 0 Å². The van der Waals surface area contributed by atoms with Crippen molar-refractivity contribution in [2.75, 3.05) is 13.1 Å². The molecule has 0 saturated heterocycles. The Kier molecular flexibility index (Phi) is 6.16. The minimum Gasteiger partial charge on any atom is -0.207 e. The van der Waals surface area contributed by atoms with Crippen molar-refractivity contribution < 1.29 is 8.42 Å². The Bertz CT molecular complexity index is 801. The van der Waals surface area contributed by atoms with Crippen LogP contribution in [0.3, 0.4) is 0 Å². The molecule has 0 aliphatic rings. The van der Waals surface area contributed by atoms with Crippen LogP contribution in [0.2, 0.25) is 0 Å². The third kappa shape index (κ3) is 4.82. The van der Waals surface area contributed by atoms with Gasteiger partial charge in [0.1, 0.15) is 0 Å². The number of benzene rings is 2. The molecular formula is C19H19NO2S. The molecule has 0 aliphatic heterocycles. The zero-order valence-electron chi connectivity index (χ0n) is 13.0. The summed E-state index contributed by atoms with van der Waals surface area (Å²) in [4.78, 5) is 0.283. The van der Waals surface area contributed by atoms with Gasteiger partial charge >= 0.3 is 0 Å². The Hall–Kier alpha value is -2.35. The van der Waals surface area contributed by atoms with Gasteiger partial charge in [0.2, 0.25) is 10.0 Å². The minimum atomic E-state index is -3.55. The molecule has 0 aromatic heterocycles. The minimum absolute atomic E-state index is 0.149. The van der Waals surface area contributed by atoms with Crippen molar-refractivity contribution >= 4 is 10.0 Å². The first kappa shape index (κ1) is 17.0. The lowest BCUT2D eigenvalue weighted by atomic mass is 10.2. The highest BCUT2D eigenvalue weighted by atomic mass is 32.2. The van der Waals surface area contributed by atoms with E-state index in [0.29, 0.717) is 6.54 Å². The van der Waals surface area contributed by atoms with Crippen molar-refractivity contribution in [3.05, 3.63) is 78.4 Å². The van der Waals surface area contributed by atoms with E-state index >= 15 is 0 Å². The quantitative estimate of drug-likeness (QED) is 0.625. The van der Waals surface area contributed by atoms with E-state index in [0.717, 1.165) is 5.56 Å². The van der Waals surface area contributed by atoms with Crippen LogP contribution < -0.4 is 0 Å². The molecule has 118 valence electrons. The lowest BCUT2D eigenvalue weighted by molar-refractivity contribution is 0.478. The number of hydrogen-bond acceptors (Lipinski definition) is 2. The number of rotatable bonds is 5. The molecule has 0 atom stereocenters. The zero-order chi connectivity index (χ0) is 16.5. The van der Waals surface area contributed by atoms with Gasteiger partial charge in [0.05, 0.1) is 11.4 Å². The van der Waals surface area contributed by atoms with Crippen molar-refractivity contribution in [2.24, 2.45) is 0 Å². The molecule has 2 rings (SSSR count). The summed E-state index contributed by atoms with van der Waals surface area (Å²) < 4.78 is 26.8. The Morgan fingerprint density at radius 1 is 1.00 bits per heavy atom. The number of allylic oxidation sites excluding steroid dienone is 1. The van der Waals surface area contributed by atoms with Crippen LogP contribution in [0.1, 0.15) is 12.5 Å². The number of nitrogens with zero attached hydrogens (tertiary/aromatic N) is 1. The summed E-state index contributed by atoms with van der Waals surface area (Å²) in [6, 6.07) is 18.0. The van der Waals surface area contributed by atoms with E-state index in [-0.39, 0.29) is 11.4 Å². The predicted molar refractivity (Wildman–Crippen MR) is 93.3 cm³/mol. The van der Waals surface area contributed by atoms with Crippen molar-refractivity contribution in [3.8, 4) is 11.8 Å². The monoisotopic (exact) mass is 325 g/mol. The van der Waals surface area contributed by atoms with Gasteiger partial charge in [0.25, 0.3) is 0 Å². The van der Waals surface area contributed by atoms with E-state index in [1.807, 2.05) is 49.4 Å². The average Bonchev–Trinajstić information content (AvgIpc) is 2.59. The fourth-order valence-corrected chi connectivity index (χ4v) is 3.28. The third-order valence-corrected chi connectivity index (χ3v) is 5.01. The molecule has 0 unspecified atom stereocenters. The van der Waals surface area contributed by atoms with Crippen molar-refractivity contribution in [1.29, 1.82) is 0 Å². The molecule has 0 fully saturated rings. The van der Waals surface area contributed by atoms with E-state index in [4.69, 9.17) is 0 Å².